The molecule has 2 aliphatic heterocycles. The van der Waals surface area contributed by atoms with E-state index in [1.807, 2.05) is 25.4 Å². The fourth-order valence-corrected chi connectivity index (χ4v) is 4.41. The van der Waals surface area contributed by atoms with Gasteiger partial charge in [-0.15, -0.1) is 24.0 Å². The standard InChI is InChI=1S/C23H35N7O.HI/c1-24-23(27-18-20(21-8-6-16-31-21)29-10-3-4-11-29)26-17-19-7-5-9-25-22(19)30-14-12-28(2)13-15-30;/h5-9,16,20H,3-4,10-15,17-18H2,1-2H3,(H2,24,26,27);1H. The second-order valence-electron chi connectivity index (χ2n) is 8.36. The van der Waals surface area contributed by atoms with Crippen molar-refractivity contribution < 1.29 is 4.42 Å². The van der Waals surface area contributed by atoms with E-state index in [1.165, 1.54) is 18.4 Å². The Labute approximate surface area is 208 Å². The summed E-state index contributed by atoms with van der Waals surface area (Å²) in [6, 6.07) is 8.41. The Kier molecular flexibility index (Phi) is 9.61. The van der Waals surface area contributed by atoms with Crippen LogP contribution in [0.1, 0.15) is 30.2 Å². The number of likely N-dealkylation sites (N-methyl/N-ethyl adjacent to an activating group) is 1. The van der Waals surface area contributed by atoms with E-state index < -0.39 is 0 Å². The maximum absolute atomic E-state index is 5.73. The van der Waals surface area contributed by atoms with Crippen LogP contribution in [0.2, 0.25) is 0 Å². The lowest BCUT2D eigenvalue weighted by Crippen LogP contribution is -2.45. The maximum atomic E-state index is 5.73. The van der Waals surface area contributed by atoms with Gasteiger partial charge in [0, 0.05) is 58.1 Å². The van der Waals surface area contributed by atoms with Crippen molar-refractivity contribution in [3.63, 3.8) is 0 Å². The lowest BCUT2D eigenvalue weighted by Gasteiger charge is -2.34. The van der Waals surface area contributed by atoms with Crippen molar-refractivity contribution in [3.05, 3.63) is 48.0 Å². The van der Waals surface area contributed by atoms with Crippen molar-refractivity contribution in [1.82, 2.24) is 25.4 Å². The molecule has 2 aromatic rings. The van der Waals surface area contributed by atoms with Crippen LogP contribution in [0.25, 0.3) is 0 Å². The number of likely N-dealkylation sites (tertiary alicyclic amines) is 1. The third kappa shape index (κ3) is 6.35. The normalized spacial score (nSPS) is 18.9. The predicted molar refractivity (Wildman–Crippen MR) is 140 cm³/mol. The molecule has 0 amide bonds. The second kappa shape index (κ2) is 12.4. The van der Waals surface area contributed by atoms with Gasteiger partial charge in [-0.1, -0.05) is 6.07 Å². The zero-order valence-electron chi connectivity index (χ0n) is 19.2. The van der Waals surface area contributed by atoms with Crippen LogP contribution in [0.4, 0.5) is 5.82 Å². The molecule has 2 fully saturated rings. The molecule has 32 heavy (non-hydrogen) atoms. The second-order valence-corrected chi connectivity index (χ2v) is 8.36. The average molecular weight is 553 g/mol. The van der Waals surface area contributed by atoms with Gasteiger partial charge in [-0.25, -0.2) is 4.98 Å². The third-order valence-electron chi connectivity index (χ3n) is 6.26. The highest BCUT2D eigenvalue weighted by molar-refractivity contribution is 14.0. The molecule has 0 aliphatic carbocycles. The molecular formula is C23H36IN7O. The van der Waals surface area contributed by atoms with E-state index in [0.717, 1.165) is 63.4 Å². The van der Waals surface area contributed by atoms with Gasteiger partial charge in [0.2, 0.25) is 0 Å². The van der Waals surface area contributed by atoms with Crippen molar-refractivity contribution >= 4 is 35.8 Å². The van der Waals surface area contributed by atoms with Crippen LogP contribution in [0.3, 0.4) is 0 Å². The van der Waals surface area contributed by atoms with E-state index in [4.69, 9.17) is 4.42 Å². The monoisotopic (exact) mass is 553 g/mol. The smallest absolute Gasteiger partial charge is 0.191 e. The summed E-state index contributed by atoms with van der Waals surface area (Å²) in [5.41, 5.74) is 1.19. The van der Waals surface area contributed by atoms with Gasteiger partial charge >= 0.3 is 0 Å². The van der Waals surface area contributed by atoms with Crippen molar-refractivity contribution in [2.75, 3.05) is 64.8 Å². The number of hydrogen-bond acceptors (Lipinski definition) is 6. The summed E-state index contributed by atoms with van der Waals surface area (Å²) in [7, 11) is 3.99. The molecule has 176 valence electrons. The van der Waals surface area contributed by atoms with Gasteiger partial charge in [0.25, 0.3) is 0 Å². The molecular weight excluding hydrogens is 517 g/mol. The summed E-state index contributed by atoms with van der Waals surface area (Å²) in [6.07, 6.45) is 6.14. The first kappa shape index (κ1) is 24.8. The van der Waals surface area contributed by atoms with Crippen LogP contribution < -0.4 is 15.5 Å². The summed E-state index contributed by atoms with van der Waals surface area (Å²) in [6.45, 7) is 7.82. The Balaban J connectivity index is 0.00000289. The number of aromatic nitrogens is 1. The van der Waals surface area contributed by atoms with Crippen LogP contribution >= 0.6 is 24.0 Å². The molecule has 0 aromatic carbocycles. The lowest BCUT2D eigenvalue weighted by atomic mass is 10.2. The first-order chi connectivity index (χ1) is 15.2. The molecule has 2 saturated heterocycles. The zero-order valence-corrected chi connectivity index (χ0v) is 21.5. The van der Waals surface area contributed by atoms with Crippen LogP contribution in [-0.2, 0) is 6.54 Å². The van der Waals surface area contributed by atoms with E-state index in [2.05, 4.69) is 54.5 Å². The summed E-state index contributed by atoms with van der Waals surface area (Å²) < 4.78 is 5.73. The van der Waals surface area contributed by atoms with Gasteiger partial charge in [0.05, 0.1) is 12.3 Å². The summed E-state index contributed by atoms with van der Waals surface area (Å²) >= 11 is 0. The van der Waals surface area contributed by atoms with Gasteiger partial charge in [0.15, 0.2) is 5.96 Å². The maximum Gasteiger partial charge on any atom is 0.191 e. The molecule has 0 spiro atoms. The minimum atomic E-state index is 0. The van der Waals surface area contributed by atoms with E-state index >= 15 is 0 Å². The molecule has 4 heterocycles. The minimum Gasteiger partial charge on any atom is -0.468 e. The Morgan fingerprint density at radius 3 is 2.56 bits per heavy atom. The SMILES string of the molecule is CN=C(NCc1cccnc1N1CCN(C)CC1)NCC(c1ccco1)N1CCCC1.I. The van der Waals surface area contributed by atoms with Gasteiger partial charge in [-0.2, -0.15) is 0 Å². The average Bonchev–Trinajstić information content (AvgIpc) is 3.52. The zero-order chi connectivity index (χ0) is 21.5. The number of anilines is 1. The Morgan fingerprint density at radius 1 is 1.09 bits per heavy atom. The number of nitrogens with zero attached hydrogens (tertiary/aromatic N) is 5. The van der Waals surface area contributed by atoms with Crippen molar-refractivity contribution in [1.29, 1.82) is 0 Å². The molecule has 0 bridgehead atoms. The molecule has 4 rings (SSSR count). The molecule has 2 aliphatic rings. The number of nitrogens with one attached hydrogen (secondary N) is 2. The van der Waals surface area contributed by atoms with Crippen LogP contribution in [-0.4, -0.2) is 80.7 Å². The molecule has 2 aromatic heterocycles. The van der Waals surface area contributed by atoms with E-state index in [0.29, 0.717) is 6.54 Å². The first-order valence-electron chi connectivity index (χ1n) is 11.3. The van der Waals surface area contributed by atoms with Gasteiger partial charge in [-0.05, 0) is 51.2 Å². The number of hydrogen-bond donors (Lipinski definition) is 2. The van der Waals surface area contributed by atoms with Gasteiger partial charge in [0.1, 0.15) is 11.6 Å². The molecule has 1 unspecified atom stereocenters. The van der Waals surface area contributed by atoms with Gasteiger partial charge in [-0.3, -0.25) is 9.89 Å². The molecule has 2 N–H and O–H groups in total. The molecule has 1 atom stereocenters. The number of rotatable bonds is 7. The third-order valence-corrected chi connectivity index (χ3v) is 6.26. The first-order valence-corrected chi connectivity index (χ1v) is 11.3. The Morgan fingerprint density at radius 2 is 1.88 bits per heavy atom. The molecule has 8 nitrogen and oxygen atoms in total. The van der Waals surface area contributed by atoms with E-state index in [-0.39, 0.29) is 30.0 Å². The number of halogens is 1. The highest BCUT2D eigenvalue weighted by Crippen LogP contribution is 2.25. The quantitative estimate of drug-likeness (QED) is 0.310. The predicted octanol–water partition coefficient (Wildman–Crippen LogP) is 2.55. The molecule has 0 saturated carbocycles. The lowest BCUT2D eigenvalue weighted by molar-refractivity contribution is 0.215. The highest BCUT2D eigenvalue weighted by atomic mass is 127. The van der Waals surface area contributed by atoms with Crippen molar-refractivity contribution in [2.45, 2.75) is 25.4 Å². The van der Waals surface area contributed by atoms with Gasteiger partial charge < -0.3 is 24.9 Å². The van der Waals surface area contributed by atoms with Crippen LogP contribution in [0.15, 0.2) is 46.1 Å². The summed E-state index contributed by atoms with van der Waals surface area (Å²) in [5.74, 6) is 2.88. The number of guanidine groups is 1. The van der Waals surface area contributed by atoms with Crippen molar-refractivity contribution in [2.24, 2.45) is 4.99 Å². The molecule has 0 radical (unpaired) electrons. The number of aliphatic imine (C=N–C) groups is 1. The van der Waals surface area contributed by atoms with Crippen LogP contribution in [0, 0.1) is 0 Å². The fourth-order valence-electron chi connectivity index (χ4n) is 4.41. The highest BCUT2D eigenvalue weighted by Gasteiger charge is 2.25. The summed E-state index contributed by atoms with van der Waals surface area (Å²) in [5, 5.41) is 6.98. The topological polar surface area (TPSA) is 72.2 Å². The fraction of sp³-hybridized carbons (Fsp3) is 0.565. The number of furan rings is 1. The number of pyridine rings is 1. The van der Waals surface area contributed by atoms with Crippen LogP contribution in [0.5, 0.6) is 0 Å². The largest absolute Gasteiger partial charge is 0.468 e. The van der Waals surface area contributed by atoms with E-state index in [9.17, 15) is 0 Å². The molecule has 9 heteroatoms. The van der Waals surface area contributed by atoms with Crippen molar-refractivity contribution in [3.8, 4) is 0 Å². The Bertz CT molecular complexity index is 831. The Hall–Kier alpha value is -1.85. The minimum absolute atomic E-state index is 0. The van der Waals surface area contributed by atoms with E-state index in [1.54, 1.807) is 6.26 Å². The number of piperazine rings is 1. The summed E-state index contributed by atoms with van der Waals surface area (Å²) in [4.78, 5) is 16.4.